The molecule has 0 bridgehead atoms. The number of aliphatic hydroxyl groups is 1. The molecule has 9 heavy (non-hydrogen) atoms. The highest BCUT2D eigenvalue weighted by atomic mass is 16.5. The molecular weight excluding hydrogens is 116 g/mol. The smallest absolute Gasteiger partial charge is 0.0701 e. The van der Waals surface area contributed by atoms with Crippen LogP contribution in [0.25, 0.3) is 0 Å². The van der Waals surface area contributed by atoms with Gasteiger partial charge in [-0.15, -0.1) is 0 Å². The van der Waals surface area contributed by atoms with E-state index in [9.17, 15) is 0 Å². The second-order valence-electron chi connectivity index (χ2n) is 1.86. The second-order valence-corrected chi connectivity index (χ2v) is 1.86. The van der Waals surface area contributed by atoms with E-state index < -0.39 is 0 Å². The van der Waals surface area contributed by atoms with Crippen LogP contribution in [0.3, 0.4) is 0 Å². The molecule has 0 aliphatic heterocycles. The molecule has 0 fully saturated rings. The highest BCUT2D eigenvalue weighted by molar-refractivity contribution is 5.45. The quantitative estimate of drug-likeness (QED) is 0.544. The minimum absolute atomic E-state index is 0.0205. The highest BCUT2D eigenvalue weighted by Crippen LogP contribution is 2.08. The van der Waals surface area contributed by atoms with Crippen molar-refractivity contribution in [2.45, 2.75) is 6.61 Å². The molecule has 2 heteroatoms. The predicted molar refractivity (Wildman–Crippen MR) is 36.8 cm³/mol. The average molecular weight is 125 g/mol. The molecule has 3 N–H and O–H groups in total. The minimum atomic E-state index is 0.0205. The Labute approximate surface area is 53.9 Å². The van der Waals surface area contributed by atoms with Crippen LogP contribution in [-0.2, 0) is 6.61 Å². The van der Waals surface area contributed by atoms with Gasteiger partial charge in [-0.1, -0.05) is 18.2 Å². The summed E-state index contributed by atoms with van der Waals surface area (Å²) in [6, 6.07) is 7.26. The Morgan fingerprint density at radius 2 is 2.00 bits per heavy atom. The largest absolute Gasteiger partial charge is 0.398 e. The number of nitrogens with two attached hydrogens (primary N) is 1. The number of hydrogen-bond acceptors (Lipinski definition) is 2. The molecule has 0 spiro atoms. The van der Waals surface area contributed by atoms with Crippen LogP contribution >= 0.6 is 0 Å². The topological polar surface area (TPSA) is 46.2 Å². The average Bonchev–Trinajstić information content (AvgIpc) is 1.89. The van der Waals surface area contributed by atoms with Gasteiger partial charge in [-0.25, -0.2) is 0 Å². The van der Waals surface area contributed by atoms with Crippen LogP contribution in [0.4, 0.5) is 5.69 Å². The maximum atomic E-state index is 8.64. The van der Waals surface area contributed by atoms with E-state index in [0.717, 1.165) is 5.56 Å². The molecule has 0 aliphatic rings. The van der Waals surface area contributed by atoms with Crippen molar-refractivity contribution in [1.29, 1.82) is 0 Å². The molecule has 0 radical (unpaired) electrons. The van der Waals surface area contributed by atoms with E-state index in [4.69, 9.17) is 10.8 Å². The van der Waals surface area contributed by atoms with Crippen LogP contribution in [0.5, 0.6) is 0 Å². The third-order valence-electron chi connectivity index (χ3n) is 1.23. The van der Waals surface area contributed by atoms with Gasteiger partial charge in [-0.2, -0.15) is 0 Å². The lowest BCUT2D eigenvalue weighted by Gasteiger charge is -1.97. The standard InChI is InChI=1S/C7H9NO/c8-7-4-2-1-3-6(7)5-9/h1-4,9H,5,8H2/i5+2. The molecule has 0 atom stereocenters. The zero-order valence-corrected chi connectivity index (χ0v) is 5.04. The molecular formula is C7H9NO. The number of hydrogen-bond donors (Lipinski definition) is 2. The zero-order valence-electron chi connectivity index (χ0n) is 5.04. The summed E-state index contributed by atoms with van der Waals surface area (Å²) in [4.78, 5) is 0. The normalized spacial score (nSPS) is 9.44. The summed E-state index contributed by atoms with van der Waals surface area (Å²) in [6.45, 7) is 0.0205. The van der Waals surface area contributed by atoms with Gasteiger partial charge in [-0.3, -0.25) is 0 Å². The summed E-state index contributed by atoms with van der Waals surface area (Å²) in [5, 5.41) is 8.64. The van der Waals surface area contributed by atoms with Crippen LogP contribution in [0.2, 0.25) is 0 Å². The molecule has 1 aromatic carbocycles. The van der Waals surface area contributed by atoms with E-state index in [-0.39, 0.29) is 6.61 Å². The van der Waals surface area contributed by atoms with Crippen molar-refractivity contribution < 1.29 is 5.11 Å². The fourth-order valence-corrected chi connectivity index (χ4v) is 0.678. The first-order valence-corrected chi connectivity index (χ1v) is 2.79. The Balaban J connectivity index is 3.01. The van der Waals surface area contributed by atoms with Crippen molar-refractivity contribution in [3.63, 3.8) is 0 Å². The SMILES string of the molecule is Nc1ccccc1[14CH2]O. The third kappa shape index (κ3) is 1.21. The number of benzene rings is 1. The molecule has 1 aromatic rings. The Bertz CT molecular complexity index is 198. The summed E-state index contributed by atoms with van der Waals surface area (Å²) in [5.41, 5.74) is 6.91. The van der Waals surface area contributed by atoms with Crippen molar-refractivity contribution in [1.82, 2.24) is 0 Å². The highest BCUT2D eigenvalue weighted by Gasteiger charge is 1.91. The van der Waals surface area contributed by atoms with Gasteiger partial charge in [-0.05, 0) is 6.07 Å². The molecule has 0 heterocycles. The summed E-state index contributed by atoms with van der Waals surface area (Å²) in [5.74, 6) is 0. The number of para-hydroxylation sites is 1. The van der Waals surface area contributed by atoms with Crippen molar-refractivity contribution >= 4 is 5.69 Å². The van der Waals surface area contributed by atoms with Gasteiger partial charge >= 0.3 is 0 Å². The van der Waals surface area contributed by atoms with E-state index >= 15 is 0 Å². The van der Waals surface area contributed by atoms with Crippen molar-refractivity contribution in [2.24, 2.45) is 0 Å². The van der Waals surface area contributed by atoms with E-state index in [1.54, 1.807) is 12.1 Å². The first kappa shape index (κ1) is 6.11. The molecule has 2 nitrogen and oxygen atoms in total. The molecule has 0 aliphatic carbocycles. The lowest BCUT2D eigenvalue weighted by atomic mass is 10.3. The summed E-state index contributed by atoms with van der Waals surface area (Å²) in [7, 11) is 0. The van der Waals surface area contributed by atoms with E-state index in [1.807, 2.05) is 12.1 Å². The van der Waals surface area contributed by atoms with Crippen molar-refractivity contribution in [3.05, 3.63) is 29.8 Å². The van der Waals surface area contributed by atoms with Crippen LogP contribution in [0.15, 0.2) is 24.3 Å². The van der Waals surface area contributed by atoms with Gasteiger partial charge in [0, 0.05) is 11.3 Å². The van der Waals surface area contributed by atoms with E-state index in [1.165, 1.54) is 0 Å². The lowest BCUT2D eigenvalue weighted by Crippen LogP contribution is -1.91. The van der Waals surface area contributed by atoms with Gasteiger partial charge in [0.05, 0.1) is 6.61 Å². The molecule has 1 rings (SSSR count). The number of nitrogen functional groups attached to an aromatic ring is 1. The molecule has 0 unspecified atom stereocenters. The minimum Gasteiger partial charge on any atom is -0.398 e. The maximum Gasteiger partial charge on any atom is 0.0701 e. The van der Waals surface area contributed by atoms with Gasteiger partial charge in [0.2, 0.25) is 0 Å². The van der Waals surface area contributed by atoms with Gasteiger partial charge in [0.25, 0.3) is 0 Å². The van der Waals surface area contributed by atoms with Crippen LogP contribution in [0, 0.1) is 0 Å². The van der Waals surface area contributed by atoms with Crippen LogP contribution < -0.4 is 5.73 Å². The summed E-state index contributed by atoms with van der Waals surface area (Å²) < 4.78 is 0. The number of anilines is 1. The first-order valence-electron chi connectivity index (χ1n) is 2.79. The first-order chi connectivity index (χ1) is 4.34. The Morgan fingerprint density at radius 1 is 1.33 bits per heavy atom. The van der Waals surface area contributed by atoms with Crippen LogP contribution in [-0.4, -0.2) is 5.11 Å². The van der Waals surface area contributed by atoms with Gasteiger partial charge in [0.1, 0.15) is 0 Å². The molecule has 0 amide bonds. The Morgan fingerprint density at radius 3 is 2.44 bits per heavy atom. The molecule has 0 aromatic heterocycles. The molecule has 0 saturated heterocycles. The summed E-state index contributed by atoms with van der Waals surface area (Å²) in [6.07, 6.45) is 0. The fourth-order valence-electron chi connectivity index (χ4n) is 0.678. The van der Waals surface area contributed by atoms with E-state index in [2.05, 4.69) is 0 Å². The van der Waals surface area contributed by atoms with Crippen molar-refractivity contribution in [2.75, 3.05) is 5.73 Å². The number of aliphatic hydroxyl groups excluding tert-OH is 1. The predicted octanol–water partition coefficient (Wildman–Crippen LogP) is 0.761. The second kappa shape index (κ2) is 2.51. The molecule has 0 saturated carbocycles. The van der Waals surface area contributed by atoms with Gasteiger partial charge in [0.15, 0.2) is 0 Å². The number of rotatable bonds is 1. The Kier molecular flexibility index (Phi) is 1.70. The monoisotopic (exact) mass is 125 g/mol. The third-order valence-corrected chi connectivity index (χ3v) is 1.23. The van der Waals surface area contributed by atoms with Crippen LogP contribution in [0.1, 0.15) is 5.56 Å². The fraction of sp³-hybridized carbons (Fsp3) is 0.143. The molecule has 48 valence electrons. The maximum absolute atomic E-state index is 8.64. The Hall–Kier alpha value is -1.02. The van der Waals surface area contributed by atoms with E-state index in [0.29, 0.717) is 5.69 Å². The zero-order chi connectivity index (χ0) is 6.69. The van der Waals surface area contributed by atoms with Crippen molar-refractivity contribution in [3.8, 4) is 0 Å². The summed E-state index contributed by atoms with van der Waals surface area (Å²) >= 11 is 0. The van der Waals surface area contributed by atoms with Gasteiger partial charge < -0.3 is 10.8 Å². The lowest BCUT2D eigenvalue weighted by molar-refractivity contribution is 0.282.